The fourth-order valence-corrected chi connectivity index (χ4v) is 3.77. The Hall–Kier alpha value is -3.11. The standard InChI is InChI=1S/C20H15ClF3N5OS/c21-15-3-1-13(2-4-15)9-29-11-16(8-25-29)26-19(30)17-7-14(12-31-17)10-28-6-5-18(27-28)20(22,23)24/h1-8,11-12H,9-10H2,(H,26,30). The van der Waals surface area contributed by atoms with Gasteiger partial charge in [0.2, 0.25) is 0 Å². The molecule has 0 aliphatic heterocycles. The van der Waals surface area contributed by atoms with Crippen LogP contribution in [0.2, 0.25) is 5.02 Å². The second-order valence-electron chi connectivity index (χ2n) is 6.72. The second kappa shape index (κ2) is 8.56. The van der Waals surface area contributed by atoms with Crippen molar-refractivity contribution >= 4 is 34.5 Å². The third-order valence-corrected chi connectivity index (χ3v) is 5.53. The first kappa shape index (κ1) is 21.1. The summed E-state index contributed by atoms with van der Waals surface area (Å²) in [5, 5.41) is 12.9. The molecular formula is C20H15ClF3N5OS. The molecule has 0 radical (unpaired) electrons. The molecule has 0 aliphatic carbocycles. The van der Waals surface area contributed by atoms with Crippen LogP contribution in [0.5, 0.6) is 0 Å². The largest absolute Gasteiger partial charge is 0.435 e. The first-order valence-corrected chi connectivity index (χ1v) is 10.3. The molecule has 3 heterocycles. The zero-order chi connectivity index (χ0) is 22.0. The fraction of sp³-hybridized carbons (Fsp3) is 0.150. The Bertz CT molecular complexity index is 1200. The predicted molar refractivity (Wildman–Crippen MR) is 111 cm³/mol. The molecule has 4 rings (SSSR count). The summed E-state index contributed by atoms with van der Waals surface area (Å²) >= 11 is 7.09. The number of rotatable bonds is 6. The molecule has 160 valence electrons. The van der Waals surface area contributed by atoms with Gasteiger partial charge in [-0.25, -0.2) is 0 Å². The van der Waals surface area contributed by atoms with Crippen LogP contribution in [0.25, 0.3) is 0 Å². The lowest BCUT2D eigenvalue weighted by atomic mass is 10.2. The van der Waals surface area contributed by atoms with Crippen LogP contribution in [-0.4, -0.2) is 25.5 Å². The number of hydrogen-bond donors (Lipinski definition) is 1. The Kier molecular flexibility index (Phi) is 5.84. The van der Waals surface area contributed by atoms with Gasteiger partial charge in [-0.05, 0) is 40.8 Å². The van der Waals surface area contributed by atoms with Gasteiger partial charge in [0, 0.05) is 17.4 Å². The maximum absolute atomic E-state index is 12.7. The lowest BCUT2D eigenvalue weighted by Gasteiger charge is -2.02. The van der Waals surface area contributed by atoms with Crippen molar-refractivity contribution in [1.29, 1.82) is 0 Å². The monoisotopic (exact) mass is 465 g/mol. The van der Waals surface area contributed by atoms with Gasteiger partial charge in [0.1, 0.15) is 0 Å². The molecule has 0 saturated carbocycles. The summed E-state index contributed by atoms with van der Waals surface area (Å²) < 4.78 is 40.9. The predicted octanol–water partition coefficient (Wildman–Crippen LogP) is 5.16. The third-order valence-electron chi connectivity index (χ3n) is 4.30. The molecule has 0 bridgehead atoms. The van der Waals surface area contributed by atoms with Crippen molar-refractivity contribution in [3.8, 4) is 0 Å². The SMILES string of the molecule is O=C(Nc1cnn(Cc2ccc(Cl)cc2)c1)c1cc(Cn2ccc(C(F)(F)F)n2)cs1. The number of carbonyl (C=O) groups is 1. The van der Waals surface area contributed by atoms with E-state index in [1.54, 1.807) is 40.7 Å². The maximum Gasteiger partial charge on any atom is 0.435 e. The highest BCUT2D eigenvalue weighted by molar-refractivity contribution is 7.12. The van der Waals surface area contributed by atoms with Gasteiger partial charge in [0.05, 0.1) is 29.9 Å². The van der Waals surface area contributed by atoms with Crippen molar-refractivity contribution in [2.24, 2.45) is 0 Å². The Balaban J connectivity index is 1.36. The molecule has 0 fully saturated rings. The molecule has 4 aromatic rings. The van der Waals surface area contributed by atoms with Gasteiger partial charge in [-0.15, -0.1) is 11.3 Å². The van der Waals surface area contributed by atoms with Crippen LogP contribution in [0, 0.1) is 0 Å². The Morgan fingerprint density at radius 3 is 2.55 bits per heavy atom. The average Bonchev–Trinajstić information content (AvgIpc) is 3.45. The highest BCUT2D eigenvalue weighted by Gasteiger charge is 2.33. The molecule has 0 atom stereocenters. The van der Waals surface area contributed by atoms with E-state index in [0.717, 1.165) is 11.6 Å². The van der Waals surface area contributed by atoms with E-state index in [-0.39, 0.29) is 12.5 Å². The van der Waals surface area contributed by atoms with E-state index in [1.807, 2.05) is 12.1 Å². The van der Waals surface area contributed by atoms with Crippen LogP contribution in [0.3, 0.4) is 0 Å². The van der Waals surface area contributed by atoms with E-state index in [2.05, 4.69) is 15.5 Å². The first-order chi connectivity index (χ1) is 14.8. The van der Waals surface area contributed by atoms with Gasteiger partial charge in [-0.2, -0.15) is 23.4 Å². The molecule has 0 unspecified atom stereocenters. The molecule has 1 aromatic carbocycles. The molecule has 3 aromatic heterocycles. The topological polar surface area (TPSA) is 64.7 Å². The van der Waals surface area contributed by atoms with Crippen LogP contribution < -0.4 is 5.32 Å². The zero-order valence-corrected chi connectivity index (χ0v) is 17.4. The van der Waals surface area contributed by atoms with Gasteiger partial charge in [0.15, 0.2) is 5.69 Å². The minimum atomic E-state index is -4.48. The molecule has 1 amide bonds. The molecular weight excluding hydrogens is 451 g/mol. The third kappa shape index (κ3) is 5.33. The van der Waals surface area contributed by atoms with E-state index in [4.69, 9.17) is 11.6 Å². The zero-order valence-electron chi connectivity index (χ0n) is 15.8. The Morgan fingerprint density at radius 2 is 1.84 bits per heavy atom. The van der Waals surface area contributed by atoms with Gasteiger partial charge in [-0.1, -0.05) is 23.7 Å². The van der Waals surface area contributed by atoms with Crippen molar-refractivity contribution in [3.63, 3.8) is 0 Å². The van der Waals surface area contributed by atoms with Crippen LogP contribution in [0.1, 0.15) is 26.5 Å². The molecule has 11 heteroatoms. The number of benzene rings is 1. The van der Waals surface area contributed by atoms with Gasteiger partial charge < -0.3 is 5.32 Å². The quantitative estimate of drug-likeness (QED) is 0.427. The van der Waals surface area contributed by atoms with E-state index in [9.17, 15) is 18.0 Å². The summed E-state index contributed by atoms with van der Waals surface area (Å²) in [5.41, 5.74) is 1.29. The van der Waals surface area contributed by atoms with Crippen molar-refractivity contribution in [2.75, 3.05) is 5.32 Å². The van der Waals surface area contributed by atoms with E-state index in [1.165, 1.54) is 22.2 Å². The molecule has 0 aliphatic rings. The Morgan fingerprint density at radius 1 is 1.10 bits per heavy atom. The maximum atomic E-state index is 12.7. The fourth-order valence-electron chi connectivity index (χ4n) is 2.85. The van der Waals surface area contributed by atoms with Crippen LogP contribution in [-0.2, 0) is 19.3 Å². The van der Waals surface area contributed by atoms with Crippen molar-refractivity contribution < 1.29 is 18.0 Å². The number of aromatic nitrogens is 4. The van der Waals surface area contributed by atoms with Gasteiger partial charge in [-0.3, -0.25) is 14.2 Å². The smallest absolute Gasteiger partial charge is 0.319 e. The number of anilines is 1. The number of nitrogens with one attached hydrogen (secondary N) is 1. The molecule has 6 nitrogen and oxygen atoms in total. The number of carbonyl (C=O) groups excluding carboxylic acids is 1. The number of alkyl halides is 3. The lowest BCUT2D eigenvalue weighted by Crippen LogP contribution is -2.10. The number of amides is 1. The highest BCUT2D eigenvalue weighted by atomic mass is 35.5. The molecule has 31 heavy (non-hydrogen) atoms. The van der Waals surface area contributed by atoms with Crippen molar-refractivity contribution in [3.05, 3.63) is 87.1 Å². The normalized spacial score (nSPS) is 11.6. The summed E-state index contributed by atoms with van der Waals surface area (Å²) in [6.45, 7) is 0.666. The van der Waals surface area contributed by atoms with Gasteiger partial charge >= 0.3 is 6.18 Å². The molecule has 1 N–H and O–H groups in total. The Labute approximate surface area is 183 Å². The minimum absolute atomic E-state index is 0.138. The molecule has 0 saturated heterocycles. The number of hydrogen-bond acceptors (Lipinski definition) is 4. The van der Waals surface area contributed by atoms with Crippen LogP contribution in [0.4, 0.5) is 18.9 Å². The average molecular weight is 466 g/mol. The molecule has 0 spiro atoms. The summed E-state index contributed by atoms with van der Waals surface area (Å²) in [6, 6.07) is 9.93. The number of nitrogens with zero attached hydrogens (tertiary/aromatic N) is 4. The number of halogens is 4. The van der Waals surface area contributed by atoms with E-state index < -0.39 is 11.9 Å². The van der Waals surface area contributed by atoms with Crippen molar-refractivity contribution in [2.45, 2.75) is 19.3 Å². The summed E-state index contributed by atoms with van der Waals surface area (Å²) in [7, 11) is 0. The van der Waals surface area contributed by atoms with Crippen LogP contribution in [0.15, 0.2) is 60.4 Å². The summed E-state index contributed by atoms with van der Waals surface area (Å²) in [4.78, 5) is 12.9. The summed E-state index contributed by atoms with van der Waals surface area (Å²) in [5.74, 6) is -0.321. The highest BCUT2D eigenvalue weighted by Crippen LogP contribution is 2.27. The second-order valence-corrected chi connectivity index (χ2v) is 8.07. The van der Waals surface area contributed by atoms with E-state index >= 15 is 0 Å². The number of thiophene rings is 1. The van der Waals surface area contributed by atoms with Crippen LogP contribution >= 0.6 is 22.9 Å². The summed E-state index contributed by atoms with van der Waals surface area (Å²) in [6.07, 6.45) is 0.0342. The lowest BCUT2D eigenvalue weighted by molar-refractivity contribution is -0.141. The first-order valence-electron chi connectivity index (χ1n) is 9.02. The minimum Gasteiger partial charge on any atom is -0.319 e. The van der Waals surface area contributed by atoms with Gasteiger partial charge in [0.25, 0.3) is 5.91 Å². The van der Waals surface area contributed by atoms with Crippen molar-refractivity contribution in [1.82, 2.24) is 19.6 Å². The van der Waals surface area contributed by atoms with E-state index in [0.29, 0.717) is 27.7 Å².